The average Bonchev–Trinajstić information content (AvgIpc) is 2.78. The number of hydrogen-bond acceptors (Lipinski definition) is 5. The molecule has 3 N–H and O–H groups in total. The number of amides is 1. The second-order valence-electron chi connectivity index (χ2n) is 3.74. The van der Waals surface area contributed by atoms with Gasteiger partial charge in [0.05, 0.1) is 0 Å². The number of pyridine rings is 1. The summed E-state index contributed by atoms with van der Waals surface area (Å²) in [5, 5.41) is 0.896. The highest BCUT2D eigenvalue weighted by Crippen LogP contribution is 2.29. The second kappa shape index (κ2) is 6.23. The number of nitrogens with one attached hydrogen (secondary N) is 1. The zero-order valence-corrected chi connectivity index (χ0v) is 12.5. The first kappa shape index (κ1) is 14.1. The van der Waals surface area contributed by atoms with Crippen LogP contribution in [0.1, 0.15) is 21.9 Å². The third-order valence-corrected chi connectivity index (χ3v) is 4.42. The predicted octanol–water partition coefficient (Wildman–Crippen LogP) is 2.64. The summed E-state index contributed by atoms with van der Waals surface area (Å²) < 4.78 is 6.29. The van der Waals surface area contributed by atoms with Gasteiger partial charge in [-0.05, 0) is 41.1 Å². The molecule has 0 aliphatic rings. The Bertz CT molecular complexity index is 600. The van der Waals surface area contributed by atoms with Gasteiger partial charge in [-0.25, -0.2) is 10.8 Å². The number of thioether (sulfide) groups is 1. The van der Waals surface area contributed by atoms with E-state index < -0.39 is 5.91 Å². The third-order valence-electron chi connectivity index (χ3n) is 2.46. The number of carbonyl (C=O) groups is 1. The van der Waals surface area contributed by atoms with Gasteiger partial charge in [0.1, 0.15) is 10.8 Å². The quantitative estimate of drug-likeness (QED) is 0.386. The average molecular weight is 342 g/mol. The number of aryl methyl sites for hydroxylation is 1. The van der Waals surface area contributed by atoms with Gasteiger partial charge in [0.15, 0.2) is 5.76 Å². The van der Waals surface area contributed by atoms with Crippen LogP contribution in [0.15, 0.2) is 38.3 Å². The van der Waals surface area contributed by atoms with E-state index in [2.05, 4.69) is 20.9 Å². The topological polar surface area (TPSA) is 81.2 Å². The van der Waals surface area contributed by atoms with E-state index in [1.165, 1.54) is 0 Å². The summed E-state index contributed by atoms with van der Waals surface area (Å²) in [5.41, 5.74) is 2.99. The molecule has 0 saturated heterocycles. The fourth-order valence-corrected chi connectivity index (χ4v) is 2.99. The van der Waals surface area contributed by atoms with Crippen molar-refractivity contribution in [3.63, 3.8) is 0 Å². The van der Waals surface area contributed by atoms with E-state index in [0.717, 1.165) is 15.1 Å². The number of rotatable bonds is 4. The Morgan fingerprint density at radius 2 is 2.42 bits per heavy atom. The predicted molar refractivity (Wildman–Crippen MR) is 76.6 cm³/mol. The summed E-state index contributed by atoms with van der Waals surface area (Å²) >= 11 is 5.01. The van der Waals surface area contributed by atoms with Crippen molar-refractivity contribution in [3.8, 4) is 0 Å². The Hall–Kier alpha value is -1.31. The SMILES string of the molecule is Cc1oc(C(=O)NN)cc1CSc1ncccc1Br. The molecule has 100 valence electrons. The number of hydrazine groups is 1. The van der Waals surface area contributed by atoms with E-state index in [1.807, 2.05) is 24.5 Å². The number of aromatic nitrogens is 1. The number of hydrogen-bond donors (Lipinski definition) is 2. The Balaban J connectivity index is 2.10. The lowest BCUT2D eigenvalue weighted by atomic mass is 10.3. The number of nitrogens with zero attached hydrogens (tertiary/aromatic N) is 1. The molecule has 0 aliphatic heterocycles. The highest BCUT2D eigenvalue weighted by molar-refractivity contribution is 9.10. The number of nitrogen functional groups attached to an aromatic ring is 1. The standard InChI is InChI=1S/C12H12BrN3O2S/c1-7-8(5-10(18-7)11(17)16-14)6-19-12-9(13)3-2-4-15-12/h2-5H,6,14H2,1H3,(H,16,17). The van der Waals surface area contributed by atoms with Gasteiger partial charge >= 0.3 is 5.91 Å². The van der Waals surface area contributed by atoms with Crippen LogP contribution in [0.3, 0.4) is 0 Å². The minimum atomic E-state index is -0.432. The van der Waals surface area contributed by atoms with Crippen LogP contribution in [0.2, 0.25) is 0 Å². The molecular formula is C12H12BrN3O2S. The molecule has 0 aliphatic carbocycles. The van der Waals surface area contributed by atoms with E-state index in [9.17, 15) is 4.79 Å². The Kier molecular flexibility index (Phi) is 4.62. The van der Waals surface area contributed by atoms with Gasteiger partial charge in [-0.1, -0.05) is 0 Å². The van der Waals surface area contributed by atoms with Crippen molar-refractivity contribution in [1.29, 1.82) is 0 Å². The van der Waals surface area contributed by atoms with E-state index in [-0.39, 0.29) is 5.76 Å². The van der Waals surface area contributed by atoms with Crippen LogP contribution in [0.5, 0.6) is 0 Å². The van der Waals surface area contributed by atoms with E-state index >= 15 is 0 Å². The first-order valence-corrected chi connectivity index (χ1v) is 7.23. The number of nitrogens with two attached hydrogens (primary N) is 1. The second-order valence-corrected chi connectivity index (χ2v) is 5.56. The molecular weight excluding hydrogens is 330 g/mol. The number of carbonyl (C=O) groups excluding carboxylic acids is 1. The Morgan fingerprint density at radius 3 is 3.11 bits per heavy atom. The highest BCUT2D eigenvalue weighted by Gasteiger charge is 2.14. The first-order chi connectivity index (χ1) is 9.11. The van der Waals surface area contributed by atoms with Gasteiger partial charge in [-0.15, -0.1) is 11.8 Å². The van der Waals surface area contributed by atoms with Crippen LogP contribution < -0.4 is 11.3 Å². The van der Waals surface area contributed by atoms with Gasteiger partial charge in [-0.3, -0.25) is 10.2 Å². The van der Waals surface area contributed by atoms with Crippen LogP contribution in [0.4, 0.5) is 0 Å². The molecule has 2 rings (SSSR count). The monoisotopic (exact) mass is 341 g/mol. The summed E-state index contributed by atoms with van der Waals surface area (Å²) in [6, 6.07) is 5.49. The zero-order chi connectivity index (χ0) is 13.8. The van der Waals surface area contributed by atoms with Crippen LogP contribution in [-0.4, -0.2) is 10.9 Å². The lowest BCUT2D eigenvalue weighted by Gasteiger charge is -2.01. The van der Waals surface area contributed by atoms with Crippen molar-refractivity contribution in [3.05, 3.63) is 46.0 Å². The molecule has 0 fully saturated rings. The Morgan fingerprint density at radius 1 is 1.63 bits per heavy atom. The summed E-state index contributed by atoms with van der Waals surface area (Å²) in [6.45, 7) is 1.82. The molecule has 7 heteroatoms. The molecule has 2 aromatic heterocycles. The van der Waals surface area contributed by atoms with Crippen molar-refractivity contribution >= 4 is 33.6 Å². The van der Waals surface area contributed by atoms with E-state index in [1.54, 1.807) is 24.0 Å². The molecule has 0 spiro atoms. The zero-order valence-electron chi connectivity index (χ0n) is 10.1. The van der Waals surface area contributed by atoms with Crippen molar-refractivity contribution in [2.75, 3.05) is 0 Å². The molecule has 19 heavy (non-hydrogen) atoms. The molecule has 0 saturated carbocycles. The number of halogens is 1. The van der Waals surface area contributed by atoms with Gasteiger partial charge in [-0.2, -0.15) is 0 Å². The van der Waals surface area contributed by atoms with Crippen LogP contribution in [0.25, 0.3) is 0 Å². The van der Waals surface area contributed by atoms with Crippen molar-refractivity contribution < 1.29 is 9.21 Å². The normalized spacial score (nSPS) is 10.5. The van der Waals surface area contributed by atoms with Gasteiger partial charge < -0.3 is 4.42 Å². The molecule has 0 atom stereocenters. The van der Waals surface area contributed by atoms with Crippen molar-refractivity contribution in [1.82, 2.24) is 10.4 Å². The van der Waals surface area contributed by atoms with Crippen molar-refractivity contribution in [2.45, 2.75) is 17.7 Å². The minimum absolute atomic E-state index is 0.218. The molecule has 0 unspecified atom stereocenters. The fraction of sp³-hybridized carbons (Fsp3) is 0.167. The maximum Gasteiger partial charge on any atom is 0.300 e. The van der Waals surface area contributed by atoms with E-state index in [4.69, 9.17) is 10.3 Å². The molecule has 0 radical (unpaired) electrons. The van der Waals surface area contributed by atoms with Gasteiger partial charge in [0.25, 0.3) is 0 Å². The van der Waals surface area contributed by atoms with E-state index in [0.29, 0.717) is 11.5 Å². The summed E-state index contributed by atoms with van der Waals surface area (Å²) in [6.07, 6.45) is 1.74. The lowest BCUT2D eigenvalue weighted by molar-refractivity contribution is 0.0924. The highest BCUT2D eigenvalue weighted by atomic mass is 79.9. The molecule has 5 nitrogen and oxygen atoms in total. The summed E-state index contributed by atoms with van der Waals surface area (Å²) in [7, 11) is 0. The summed E-state index contributed by atoms with van der Waals surface area (Å²) in [5.74, 6) is 6.23. The third kappa shape index (κ3) is 3.37. The molecule has 2 heterocycles. The molecule has 1 amide bonds. The van der Waals surface area contributed by atoms with Crippen molar-refractivity contribution in [2.24, 2.45) is 5.84 Å². The maximum atomic E-state index is 11.4. The number of furan rings is 1. The fourth-order valence-electron chi connectivity index (χ4n) is 1.47. The lowest BCUT2D eigenvalue weighted by Crippen LogP contribution is -2.29. The Labute approximate surface area is 123 Å². The molecule has 0 aromatic carbocycles. The largest absolute Gasteiger partial charge is 0.456 e. The van der Waals surface area contributed by atoms with Crippen LogP contribution in [0, 0.1) is 6.92 Å². The molecule has 0 bridgehead atoms. The van der Waals surface area contributed by atoms with Gasteiger partial charge in [0.2, 0.25) is 0 Å². The van der Waals surface area contributed by atoms with Crippen LogP contribution in [-0.2, 0) is 5.75 Å². The molecule has 2 aromatic rings. The summed E-state index contributed by atoms with van der Waals surface area (Å²) in [4.78, 5) is 15.6. The minimum Gasteiger partial charge on any atom is -0.456 e. The maximum absolute atomic E-state index is 11.4. The van der Waals surface area contributed by atoms with Gasteiger partial charge in [0, 0.05) is 22.0 Å². The van der Waals surface area contributed by atoms with Crippen LogP contribution >= 0.6 is 27.7 Å². The first-order valence-electron chi connectivity index (χ1n) is 5.45. The smallest absolute Gasteiger partial charge is 0.300 e.